The van der Waals surface area contributed by atoms with Crippen molar-refractivity contribution in [2.45, 2.75) is 37.6 Å². The third-order valence-electron chi connectivity index (χ3n) is 4.50. The molecule has 7 nitrogen and oxygen atoms in total. The van der Waals surface area contributed by atoms with Crippen LogP contribution in [0.25, 0.3) is 0 Å². The van der Waals surface area contributed by atoms with Gasteiger partial charge in [-0.1, -0.05) is 0 Å². The second-order valence-corrected chi connectivity index (χ2v) is 9.44. The van der Waals surface area contributed by atoms with Gasteiger partial charge in [0, 0.05) is 36.8 Å². The molecular weight excluding hydrogens is 432 g/mol. The zero-order valence-electron chi connectivity index (χ0n) is 15.2. The molecule has 2 aromatic rings. The van der Waals surface area contributed by atoms with Gasteiger partial charge >= 0.3 is 0 Å². The van der Waals surface area contributed by atoms with Gasteiger partial charge in [0.15, 0.2) is 0 Å². The Kier molecular flexibility index (Phi) is 6.33. The number of aromatic nitrogens is 2. The number of halogens is 1. The summed E-state index contributed by atoms with van der Waals surface area (Å²) < 4.78 is 29.3. The van der Waals surface area contributed by atoms with Crippen LogP contribution in [0.2, 0.25) is 0 Å². The topological polar surface area (TPSA) is 84.3 Å². The Labute approximate surface area is 167 Å². The van der Waals surface area contributed by atoms with Crippen LogP contribution >= 0.6 is 15.9 Å². The van der Waals surface area contributed by atoms with Crippen molar-refractivity contribution >= 4 is 31.9 Å². The van der Waals surface area contributed by atoms with Crippen molar-refractivity contribution in [3.8, 4) is 0 Å². The molecule has 0 aliphatic carbocycles. The van der Waals surface area contributed by atoms with Crippen LogP contribution in [0.3, 0.4) is 0 Å². The summed E-state index contributed by atoms with van der Waals surface area (Å²) in [7, 11) is -3.55. The van der Waals surface area contributed by atoms with Gasteiger partial charge in [-0.2, -0.15) is 9.40 Å². The van der Waals surface area contributed by atoms with Crippen molar-refractivity contribution in [2.75, 3.05) is 19.6 Å². The van der Waals surface area contributed by atoms with E-state index in [0.717, 1.165) is 24.8 Å². The van der Waals surface area contributed by atoms with Gasteiger partial charge < -0.3 is 5.32 Å². The van der Waals surface area contributed by atoms with Gasteiger partial charge in [0.05, 0.1) is 16.7 Å². The van der Waals surface area contributed by atoms with Crippen molar-refractivity contribution in [1.82, 2.24) is 19.4 Å². The van der Waals surface area contributed by atoms with Crippen LogP contribution in [0.4, 0.5) is 0 Å². The Morgan fingerprint density at radius 3 is 2.70 bits per heavy atom. The van der Waals surface area contributed by atoms with E-state index in [1.54, 1.807) is 12.3 Å². The van der Waals surface area contributed by atoms with E-state index in [2.05, 4.69) is 26.3 Å². The highest BCUT2D eigenvalue weighted by Crippen LogP contribution is 2.25. The van der Waals surface area contributed by atoms with Crippen LogP contribution in [0.5, 0.6) is 0 Å². The Bertz CT molecular complexity index is 920. The Hall–Kier alpha value is -1.71. The fourth-order valence-electron chi connectivity index (χ4n) is 3.04. The average Bonchev–Trinajstić information content (AvgIpc) is 3.31. The van der Waals surface area contributed by atoms with Gasteiger partial charge in [0.25, 0.3) is 5.91 Å². The normalized spacial score (nSPS) is 15.2. The van der Waals surface area contributed by atoms with Crippen molar-refractivity contribution in [3.63, 3.8) is 0 Å². The third-order valence-corrected chi connectivity index (χ3v) is 7.08. The van der Waals surface area contributed by atoms with E-state index in [-0.39, 0.29) is 10.8 Å². The van der Waals surface area contributed by atoms with Crippen molar-refractivity contribution in [2.24, 2.45) is 0 Å². The van der Waals surface area contributed by atoms with E-state index in [0.29, 0.717) is 36.2 Å². The van der Waals surface area contributed by atoms with E-state index in [9.17, 15) is 13.2 Å². The van der Waals surface area contributed by atoms with Crippen LogP contribution < -0.4 is 5.32 Å². The smallest absolute Gasteiger partial charge is 0.252 e. The maximum absolute atomic E-state index is 12.7. The summed E-state index contributed by atoms with van der Waals surface area (Å²) in [5.41, 5.74) is 1.42. The van der Waals surface area contributed by atoms with Crippen LogP contribution in [0.1, 0.15) is 35.2 Å². The molecule has 0 atom stereocenters. The molecule has 2 heterocycles. The molecule has 3 rings (SSSR count). The minimum absolute atomic E-state index is 0.157. The number of aryl methyl sites for hydroxylation is 2. The molecule has 0 spiro atoms. The SMILES string of the molecule is Cc1cnn(CCCNC(=O)c2cc(S(=O)(=O)N3CCCC3)ccc2Br)c1. The number of hydrogen-bond donors (Lipinski definition) is 1. The van der Waals surface area contributed by atoms with Gasteiger partial charge in [0.1, 0.15) is 0 Å². The van der Waals surface area contributed by atoms with Crippen molar-refractivity contribution < 1.29 is 13.2 Å². The highest BCUT2D eigenvalue weighted by Gasteiger charge is 2.28. The van der Waals surface area contributed by atoms with Crippen LogP contribution in [0.15, 0.2) is 40.0 Å². The number of hydrogen-bond acceptors (Lipinski definition) is 4. The third kappa shape index (κ3) is 4.77. The summed E-state index contributed by atoms with van der Waals surface area (Å²) >= 11 is 3.35. The summed E-state index contributed by atoms with van der Waals surface area (Å²) in [5, 5.41) is 7.05. The summed E-state index contributed by atoms with van der Waals surface area (Å²) in [5.74, 6) is -0.294. The average molecular weight is 455 g/mol. The lowest BCUT2D eigenvalue weighted by Crippen LogP contribution is -2.29. The molecule has 1 N–H and O–H groups in total. The van der Waals surface area contributed by atoms with E-state index >= 15 is 0 Å². The predicted octanol–water partition coefficient (Wildman–Crippen LogP) is 2.56. The van der Waals surface area contributed by atoms with Crippen LogP contribution in [-0.4, -0.2) is 48.0 Å². The maximum atomic E-state index is 12.7. The molecule has 9 heteroatoms. The van der Waals surface area contributed by atoms with Crippen LogP contribution in [0, 0.1) is 6.92 Å². The molecule has 1 saturated heterocycles. The molecule has 0 bridgehead atoms. The fourth-order valence-corrected chi connectivity index (χ4v) is 5.01. The molecule has 27 heavy (non-hydrogen) atoms. The largest absolute Gasteiger partial charge is 0.352 e. The number of nitrogens with zero attached hydrogens (tertiary/aromatic N) is 3. The zero-order valence-corrected chi connectivity index (χ0v) is 17.6. The number of benzene rings is 1. The van der Waals surface area contributed by atoms with Gasteiger partial charge in [-0.05, 0) is 65.9 Å². The van der Waals surface area contributed by atoms with Gasteiger partial charge in [-0.15, -0.1) is 0 Å². The minimum Gasteiger partial charge on any atom is -0.352 e. The molecule has 0 radical (unpaired) electrons. The second-order valence-electron chi connectivity index (χ2n) is 6.64. The monoisotopic (exact) mass is 454 g/mol. The van der Waals surface area contributed by atoms with E-state index in [1.165, 1.54) is 16.4 Å². The molecule has 1 aromatic carbocycles. The van der Waals surface area contributed by atoms with E-state index < -0.39 is 10.0 Å². The quantitative estimate of drug-likeness (QED) is 0.651. The first kappa shape index (κ1) is 20.0. The summed E-state index contributed by atoms with van der Waals surface area (Å²) in [6, 6.07) is 4.60. The summed E-state index contributed by atoms with van der Waals surface area (Å²) in [4.78, 5) is 12.7. The molecule has 1 aromatic heterocycles. The maximum Gasteiger partial charge on any atom is 0.252 e. The number of rotatable bonds is 7. The Balaban J connectivity index is 1.63. The zero-order chi connectivity index (χ0) is 19.4. The Morgan fingerprint density at radius 1 is 1.30 bits per heavy atom. The molecular formula is C18H23BrN4O3S. The second kappa shape index (κ2) is 8.53. The molecule has 1 aliphatic heterocycles. The van der Waals surface area contributed by atoms with Crippen LogP contribution in [-0.2, 0) is 16.6 Å². The van der Waals surface area contributed by atoms with Gasteiger partial charge in [0.2, 0.25) is 10.0 Å². The lowest BCUT2D eigenvalue weighted by molar-refractivity contribution is 0.0951. The van der Waals surface area contributed by atoms with Gasteiger partial charge in [-0.25, -0.2) is 8.42 Å². The molecule has 146 valence electrons. The first-order chi connectivity index (χ1) is 12.9. The summed E-state index contributed by atoms with van der Waals surface area (Å²) in [6.45, 7) is 4.23. The number of sulfonamides is 1. The lowest BCUT2D eigenvalue weighted by atomic mass is 10.2. The lowest BCUT2D eigenvalue weighted by Gasteiger charge is -2.16. The molecule has 1 aliphatic rings. The highest BCUT2D eigenvalue weighted by atomic mass is 79.9. The number of carbonyl (C=O) groups is 1. The standard InChI is InChI=1S/C18H23BrN4O3S/c1-14-12-21-22(13-14)8-4-7-20-18(24)16-11-15(5-6-17(16)19)27(25,26)23-9-2-3-10-23/h5-6,11-13H,2-4,7-10H2,1H3,(H,20,24). The van der Waals surface area contributed by atoms with E-state index in [4.69, 9.17) is 0 Å². The number of carbonyl (C=O) groups excluding carboxylic acids is 1. The Morgan fingerprint density at radius 2 is 2.04 bits per heavy atom. The van der Waals surface area contributed by atoms with E-state index in [1.807, 2.05) is 17.8 Å². The number of amides is 1. The molecule has 0 saturated carbocycles. The first-order valence-corrected chi connectivity index (χ1v) is 11.2. The van der Waals surface area contributed by atoms with Gasteiger partial charge in [-0.3, -0.25) is 9.48 Å². The van der Waals surface area contributed by atoms with Crippen molar-refractivity contribution in [1.29, 1.82) is 0 Å². The first-order valence-electron chi connectivity index (χ1n) is 8.95. The fraction of sp³-hybridized carbons (Fsp3) is 0.444. The predicted molar refractivity (Wildman–Crippen MR) is 106 cm³/mol. The minimum atomic E-state index is -3.55. The number of nitrogens with one attached hydrogen (secondary N) is 1. The van der Waals surface area contributed by atoms with Crippen molar-refractivity contribution in [3.05, 3.63) is 46.2 Å². The molecule has 1 fully saturated rings. The molecule has 0 unspecified atom stereocenters. The highest BCUT2D eigenvalue weighted by molar-refractivity contribution is 9.10. The summed E-state index contributed by atoms with van der Waals surface area (Å²) in [6.07, 6.45) is 6.22. The molecule has 1 amide bonds.